The molecule has 6 nitrogen and oxygen atoms in total. The number of hydrogen-bond acceptors (Lipinski definition) is 4. The standard InChI is InChI=1S/C22H24N2O4/c1-15-9-10-19(28-2)16(14-15)11-12-23-20(25)8-5-13-24-21(26)17-6-3-4-7-18(17)22(24)27/h3-4,6-7,9-10,14H,5,8,11-13H2,1-2H3,(H,23,25). The molecule has 0 unspecified atom stereocenters. The molecule has 0 aromatic heterocycles. The van der Waals surface area contributed by atoms with Gasteiger partial charge in [0.1, 0.15) is 5.75 Å². The highest BCUT2D eigenvalue weighted by Crippen LogP contribution is 2.22. The molecule has 0 spiro atoms. The Balaban J connectivity index is 1.43. The molecule has 0 radical (unpaired) electrons. The van der Waals surface area contributed by atoms with E-state index < -0.39 is 0 Å². The number of rotatable bonds is 8. The maximum Gasteiger partial charge on any atom is 0.261 e. The second kappa shape index (κ2) is 8.69. The van der Waals surface area contributed by atoms with Crippen molar-refractivity contribution in [2.24, 2.45) is 0 Å². The molecular formula is C22H24N2O4. The van der Waals surface area contributed by atoms with Crippen molar-refractivity contribution < 1.29 is 19.1 Å². The second-order valence-corrected chi connectivity index (χ2v) is 6.83. The summed E-state index contributed by atoms with van der Waals surface area (Å²) in [5.74, 6) is 0.147. The average molecular weight is 380 g/mol. The lowest BCUT2D eigenvalue weighted by atomic mass is 10.1. The van der Waals surface area contributed by atoms with Crippen LogP contribution in [0.4, 0.5) is 0 Å². The Bertz CT molecular complexity index is 872. The van der Waals surface area contributed by atoms with Crippen LogP contribution < -0.4 is 10.1 Å². The van der Waals surface area contributed by atoms with E-state index in [9.17, 15) is 14.4 Å². The first kappa shape index (κ1) is 19.6. The lowest BCUT2D eigenvalue weighted by Gasteiger charge is -2.13. The Labute approximate surface area is 164 Å². The summed E-state index contributed by atoms with van der Waals surface area (Å²) in [6.45, 7) is 2.76. The molecule has 2 aromatic carbocycles. The number of methoxy groups -OCH3 is 1. The predicted molar refractivity (Wildman–Crippen MR) is 105 cm³/mol. The number of nitrogens with zero attached hydrogens (tertiary/aromatic N) is 1. The number of imide groups is 1. The first-order valence-corrected chi connectivity index (χ1v) is 9.36. The maximum absolute atomic E-state index is 12.3. The molecule has 0 atom stereocenters. The van der Waals surface area contributed by atoms with Crippen LogP contribution in [0.25, 0.3) is 0 Å². The Morgan fingerprint density at radius 3 is 2.39 bits per heavy atom. The smallest absolute Gasteiger partial charge is 0.261 e. The van der Waals surface area contributed by atoms with Crippen LogP contribution in [0.15, 0.2) is 42.5 Å². The predicted octanol–water partition coefficient (Wildman–Crippen LogP) is 2.74. The van der Waals surface area contributed by atoms with Gasteiger partial charge in [0, 0.05) is 19.5 Å². The highest BCUT2D eigenvalue weighted by atomic mass is 16.5. The SMILES string of the molecule is COc1ccc(C)cc1CCNC(=O)CCCN1C(=O)c2ccccc2C1=O. The van der Waals surface area contributed by atoms with E-state index in [0.29, 0.717) is 30.5 Å². The summed E-state index contributed by atoms with van der Waals surface area (Å²) >= 11 is 0. The summed E-state index contributed by atoms with van der Waals surface area (Å²) in [5.41, 5.74) is 3.06. The molecule has 1 aliphatic rings. The molecule has 0 saturated heterocycles. The number of carbonyl (C=O) groups is 3. The van der Waals surface area contributed by atoms with Crippen molar-refractivity contribution in [1.82, 2.24) is 10.2 Å². The summed E-state index contributed by atoms with van der Waals surface area (Å²) in [7, 11) is 1.63. The van der Waals surface area contributed by atoms with E-state index >= 15 is 0 Å². The zero-order valence-corrected chi connectivity index (χ0v) is 16.2. The molecule has 146 valence electrons. The fourth-order valence-corrected chi connectivity index (χ4v) is 3.37. The van der Waals surface area contributed by atoms with E-state index in [1.165, 1.54) is 4.90 Å². The first-order valence-electron chi connectivity index (χ1n) is 9.36. The van der Waals surface area contributed by atoms with Crippen molar-refractivity contribution in [3.8, 4) is 5.75 Å². The monoisotopic (exact) mass is 380 g/mol. The zero-order chi connectivity index (χ0) is 20.1. The van der Waals surface area contributed by atoms with Gasteiger partial charge in [0.05, 0.1) is 18.2 Å². The van der Waals surface area contributed by atoms with Gasteiger partial charge in [0.15, 0.2) is 0 Å². The third-order valence-corrected chi connectivity index (χ3v) is 4.82. The fraction of sp³-hybridized carbons (Fsp3) is 0.318. The second-order valence-electron chi connectivity index (χ2n) is 6.83. The van der Waals surface area contributed by atoms with E-state index in [1.54, 1.807) is 31.4 Å². The summed E-state index contributed by atoms with van der Waals surface area (Å²) < 4.78 is 5.34. The quantitative estimate of drug-likeness (QED) is 0.715. The number of benzene rings is 2. The molecule has 6 heteroatoms. The molecule has 0 saturated carbocycles. The maximum atomic E-state index is 12.3. The summed E-state index contributed by atoms with van der Waals surface area (Å²) in [5, 5.41) is 2.88. The highest BCUT2D eigenvalue weighted by molar-refractivity contribution is 6.21. The van der Waals surface area contributed by atoms with Crippen molar-refractivity contribution in [2.45, 2.75) is 26.2 Å². The van der Waals surface area contributed by atoms with Gasteiger partial charge in [-0.25, -0.2) is 0 Å². The summed E-state index contributed by atoms with van der Waals surface area (Å²) in [6.07, 6.45) is 1.37. The van der Waals surface area contributed by atoms with Gasteiger partial charge in [-0.05, 0) is 43.5 Å². The van der Waals surface area contributed by atoms with Crippen LogP contribution in [0.2, 0.25) is 0 Å². The molecule has 0 aliphatic carbocycles. The molecular weight excluding hydrogens is 356 g/mol. The summed E-state index contributed by atoms with van der Waals surface area (Å²) in [4.78, 5) is 37.9. The lowest BCUT2D eigenvalue weighted by Crippen LogP contribution is -2.32. The molecule has 3 rings (SSSR count). The van der Waals surface area contributed by atoms with Crippen molar-refractivity contribution in [1.29, 1.82) is 0 Å². The van der Waals surface area contributed by atoms with Gasteiger partial charge in [0.2, 0.25) is 5.91 Å². The van der Waals surface area contributed by atoms with Gasteiger partial charge in [-0.3, -0.25) is 19.3 Å². The van der Waals surface area contributed by atoms with E-state index in [2.05, 4.69) is 5.32 Å². The molecule has 1 N–H and O–H groups in total. The Kier molecular flexibility index (Phi) is 6.09. The zero-order valence-electron chi connectivity index (χ0n) is 16.2. The van der Waals surface area contributed by atoms with Gasteiger partial charge in [-0.2, -0.15) is 0 Å². The minimum absolute atomic E-state index is 0.0942. The number of hydrogen-bond donors (Lipinski definition) is 1. The van der Waals surface area contributed by atoms with Crippen molar-refractivity contribution >= 4 is 17.7 Å². The van der Waals surface area contributed by atoms with Crippen LogP contribution in [0.5, 0.6) is 5.75 Å². The molecule has 28 heavy (non-hydrogen) atoms. The van der Waals surface area contributed by atoms with Gasteiger partial charge in [0.25, 0.3) is 11.8 Å². The van der Waals surface area contributed by atoms with Crippen molar-refractivity contribution in [2.75, 3.05) is 20.2 Å². The van der Waals surface area contributed by atoms with Crippen LogP contribution in [-0.4, -0.2) is 42.8 Å². The van der Waals surface area contributed by atoms with Crippen LogP contribution in [0.1, 0.15) is 44.7 Å². The number of ether oxygens (including phenoxy) is 1. The minimum Gasteiger partial charge on any atom is -0.496 e. The number of carbonyl (C=O) groups excluding carboxylic acids is 3. The Morgan fingerprint density at radius 1 is 1.07 bits per heavy atom. The largest absolute Gasteiger partial charge is 0.496 e. The molecule has 1 aliphatic heterocycles. The molecule has 0 fully saturated rings. The van der Waals surface area contributed by atoms with Gasteiger partial charge < -0.3 is 10.1 Å². The third kappa shape index (κ3) is 4.22. The van der Waals surface area contributed by atoms with E-state index in [1.807, 2.05) is 25.1 Å². The fourth-order valence-electron chi connectivity index (χ4n) is 3.37. The normalized spacial score (nSPS) is 12.9. The molecule has 3 amide bonds. The van der Waals surface area contributed by atoms with Gasteiger partial charge in [-0.1, -0.05) is 29.8 Å². The number of aryl methyl sites for hydroxylation is 1. The van der Waals surface area contributed by atoms with Crippen LogP contribution in [-0.2, 0) is 11.2 Å². The van der Waals surface area contributed by atoms with Crippen LogP contribution >= 0.6 is 0 Å². The molecule has 0 bridgehead atoms. The average Bonchev–Trinajstić information content (AvgIpc) is 2.93. The number of amides is 3. The first-order chi connectivity index (χ1) is 13.5. The van der Waals surface area contributed by atoms with Crippen LogP contribution in [0, 0.1) is 6.92 Å². The Hall–Kier alpha value is -3.15. The van der Waals surface area contributed by atoms with Crippen molar-refractivity contribution in [3.63, 3.8) is 0 Å². The highest BCUT2D eigenvalue weighted by Gasteiger charge is 2.34. The van der Waals surface area contributed by atoms with E-state index in [0.717, 1.165) is 16.9 Å². The molecule has 1 heterocycles. The van der Waals surface area contributed by atoms with Crippen molar-refractivity contribution in [3.05, 3.63) is 64.7 Å². The van der Waals surface area contributed by atoms with E-state index in [-0.39, 0.29) is 30.7 Å². The number of fused-ring (bicyclic) bond motifs is 1. The Morgan fingerprint density at radius 2 is 1.75 bits per heavy atom. The van der Waals surface area contributed by atoms with Crippen LogP contribution in [0.3, 0.4) is 0 Å². The summed E-state index contributed by atoms with van der Waals surface area (Å²) in [6, 6.07) is 12.8. The number of nitrogens with one attached hydrogen (secondary N) is 1. The lowest BCUT2D eigenvalue weighted by molar-refractivity contribution is -0.121. The topological polar surface area (TPSA) is 75.7 Å². The third-order valence-electron chi connectivity index (χ3n) is 4.82. The minimum atomic E-state index is -0.285. The van der Waals surface area contributed by atoms with Gasteiger partial charge >= 0.3 is 0 Å². The van der Waals surface area contributed by atoms with Gasteiger partial charge in [-0.15, -0.1) is 0 Å². The molecule has 2 aromatic rings. The van der Waals surface area contributed by atoms with E-state index in [4.69, 9.17) is 4.74 Å².